The number of ether oxygens (including phenoxy) is 2. The largest absolute Gasteiger partial charge is 0.444 e. The molecule has 1 N–H and O–H groups in total. The normalized spacial score (nSPS) is 19.5. The Kier molecular flexibility index (Phi) is 4.50. The van der Waals surface area contributed by atoms with Crippen molar-refractivity contribution in [2.45, 2.75) is 52.0 Å². The number of amides is 1. The average molecular weight is 380 g/mol. The van der Waals surface area contributed by atoms with Crippen molar-refractivity contribution in [1.82, 2.24) is 9.88 Å². The second kappa shape index (κ2) is 6.30. The predicted octanol–water partition coefficient (Wildman–Crippen LogP) is 4.00. The number of aromatic nitrogens is 1. The number of hydrogen-bond donors (Lipinski definition) is 1. The van der Waals surface area contributed by atoms with Crippen LogP contribution in [0.2, 0.25) is 0 Å². The lowest BCUT2D eigenvalue weighted by Gasteiger charge is -2.34. The SMILES string of the molecule is CC(C)(C)OC(=O)N1[C@@H](C(=O)c2cc(F)c(F)c3cc[nH]c23)COC1(C)C. The van der Waals surface area contributed by atoms with Crippen LogP contribution in [0.25, 0.3) is 10.9 Å². The molecule has 0 unspecified atom stereocenters. The fourth-order valence-corrected chi connectivity index (χ4v) is 3.19. The van der Waals surface area contributed by atoms with Crippen molar-refractivity contribution in [2.24, 2.45) is 0 Å². The molecule has 146 valence electrons. The lowest BCUT2D eigenvalue weighted by molar-refractivity contribution is -0.0615. The Morgan fingerprint density at radius 2 is 2.00 bits per heavy atom. The number of halogens is 2. The highest BCUT2D eigenvalue weighted by Crippen LogP contribution is 2.33. The van der Waals surface area contributed by atoms with Crippen LogP contribution < -0.4 is 0 Å². The number of carbonyl (C=O) groups is 2. The minimum absolute atomic E-state index is 0.0275. The van der Waals surface area contributed by atoms with E-state index in [1.54, 1.807) is 34.6 Å². The van der Waals surface area contributed by atoms with Gasteiger partial charge in [-0.25, -0.2) is 13.6 Å². The molecule has 1 fully saturated rings. The molecule has 0 saturated carbocycles. The third-order valence-electron chi connectivity index (χ3n) is 4.38. The van der Waals surface area contributed by atoms with Gasteiger partial charge in [-0.05, 0) is 46.8 Å². The molecule has 0 spiro atoms. The average Bonchev–Trinajstić information content (AvgIpc) is 3.12. The van der Waals surface area contributed by atoms with E-state index in [1.807, 2.05) is 0 Å². The van der Waals surface area contributed by atoms with E-state index in [-0.39, 0.29) is 23.1 Å². The van der Waals surface area contributed by atoms with Crippen LogP contribution in [0.5, 0.6) is 0 Å². The van der Waals surface area contributed by atoms with Gasteiger partial charge in [-0.1, -0.05) is 0 Å². The summed E-state index contributed by atoms with van der Waals surface area (Å²) in [7, 11) is 0. The molecule has 2 aromatic rings. The van der Waals surface area contributed by atoms with Gasteiger partial charge in [0.15, 0.2) is 17.4 Å². The van der Waals surface area contributed by atoms with Gasteiger partial charge in [-0.3, -0.25) is 9.69 Å². The minimum atomic E-state index is -1.13. The van der Waals surface area contributed by atoms with Gasteiger partial charge in [0.1, 0.15) is 17.4 Å². The van der Waals surface area contributed by atoms with Crippen LogP contribution in [0.4, 0.5) is 13.6 Å². The topological polar surface area (TPSA) is 71.6 Å². The van der Waals surface area contributed by atoms with Crippen LogP contribution in [0, 0.1) is 11.6 Å². The molecule has 6 nitrogen and oxygen atoms in total. The van der Waals surface area contributed by atoms with E-state index in [0.717, 1.165) is 6.07 Å². The van der Waals surface area contributed by atoms with Gasteiger partial charge >= 0.3 is 6.09 Å². The summed E-state index contributed by atoms with van der Waals surface area (Å²) in [5.41, 5.74) is -1.73. The Labute approximate surface area is 155 Å². The zero-order chi connectivity index (χ0) is 20.1. The van der Waals surface area contributed by atoms with Crippen molar-refractivity contribution in [3.63, 3.8) is 0 Å². The number of ketones is 1. The lowest BCUT2D eigenvalue weighted by Crippen LogP contribution is -2.52. The maximum atomic E-state index is 14.0. The zero-order valence-corrected chi connectivity index (χ0v) is 15.9. The predicted molar refractivity (Wildman–Crippen MR) is 94.4 cm³/mol. The molecule has 0 aliphatic carbocycles. The van der Waals surface area contributed by atoms with E-state index < -0.39 is 40.9 Å². The molecule has 27 heavy (non-hydrogen) atoms. The number of benzene rings is 1. The van der Waals surface area contributed by atoms with Crippen LogP contribution in [-0.2, 0) is 9.47 Å². The van der Waals surface area contributed by atoms with E-state index in [1.165, 1.54) is 17.2 Å². The highest BCUT2D eigenvalue weighted by Gasteiger charge is 2.49. The van der Waals surface area contributed by atoms with E-state index in [0.29, 0.717) is 0 Å². The number of hydrogen-bond acceptors (Lipinski definition) is 4. The second-order valence-corrected chi connectivity index (χ2v) is 7.97. The van der Waals surface area contributed by atoms with Gasteiger partial charge in [-0.2, -0.15) is 0 Å². The van der Waals surface area contributed by atoms with Crippen LogP contribution in [0.15, 0.2) is 18.3 Å². The number of nitrogens with zero attached hydrogens (tertiary/aromatic N) is 1. The number of H-pyrrole nitrogens is 1. The smallest absolute Gasteiger partial charge is 0.413 e. The molecule has 1 amide bonds. The summed E-state index contributed by atoms with van der Waals surface area (Å²) in [6.45, 7) is 8.34. The highest BCUT2D eigenvalue weighted by atomic mass is 19.2. The minimum Gasteiger partial charge on any atom is -0.444 e. The standard InChI is InChI=1S/C19H22F2N2O4/c1-18(2,3)27-17(25)23-13(9-26-19(23,4)5)16(24)11-8-12(20)14(21)10-6-7-22-15(10)11/h6-8,13,22H,9H2,1-5H3/t13-/m1/s1. The fraction of sp³-hybridized carbons (Fsp3) is 0.474. The highest BCUT2D eigenvalue weighted by molar-refractivity contribution is 6.10. The fourth-order valence-electron chi connectivity index (χ4n) is 3.19. The Morgan fingerprint density at radius 1 is 1.33 bits per heavy atom. The number of Topliss-reactive ketones (excluding diaryl/α,β-unsaturated/α-hetero) is 1. The third-order valence-corrected chi connectivity index (χ3v) is 4.38. The van der Waals surface area contributed by atoms with E-state index in [9.17, 15) is 18.4 Å². The van der Waals surface area contributed by atoms with Crippen LogP contribution in [0.3, 0.4) is 0 Å². The van der Waals surface area contributed by atoms with Gasteiger partial charge in [0.25, 0.3) is 0 Å². The number of aromatic amines is 1. The summed E-state index contributed by atoms with van der Waals surface area (Å²) in [6.07, 6.45) is 0.707. The number of nitrogens with one attached hydrogen (secondary N) is 1. The molecule has 3 rings (SSSR count). The van der Waals surface area contributed by atoms with Crippen molar-refractivity contribution >= 4 is 22.8 Å². The summed E-state index contributed by atoms with van der Waals surface area (Å²) in [5.74, 6) is -2.72. The summed E-state index contributed by atoms with van der Waals surface area (Å²) in [6, 6.07) is 1.17. The van der Waals surface area contributed by atoms with Crippen molar-refractivity contribution in [2.75, 3.05) is 6.61 Å². The molecule has 0 bridgehead atoms. The Balaban J connectivity index is 2.02. The number of fused-ring (bicyclic) bond motifs is 1. The molecule has 1 aliphatic heterocycles. The molecular weight excluding hydrogens is 358 g/mol. The monoisotopic (exact) mass is 380 g/mol. The van der Waals surface area contributed by atoms with Crippen molar-refractivity contribution in [3.8, 4) is 0 Å². The molecule has 1 saturated heterocycles. The summed E-state index contributed by atoms with van der Waals surface area (Å²) >= 11 is 0. The van der Waals surface area contributed by atoms with Crippen molar-refractivity contribution in [1.29, 1.82) is 0 Å². The first-order valence-electron chi connectivity index (χ1n) is 8.58. The second-order valence-electron chi connectivity index (χ2n) is 7.97. The van der Waals surface area contributed by atoms with Crippen LogP contribution in [0.1, 0.15) is 45.0 Å². The summed E-state index contributed by atoms with van der Waals surface area (Å²) in [5, 5.41) is -0.0275. The number of rotatable bonds is 2. The zero-order valence-electron chi connectivity index (χ0n) is 15.9. The molecule has 1 aromatic carbocycles. The first-order valence-corrected chi connectivity index (χ1v) is 8.58. The third kappa shape index (κ3) is 3.41. The molecule has 1 atom stereocenters. The van der Waals surface area contributed by atoms with Gasteiger partial charge < -0.3 is 14.5 Å². The molecule has 1 aromatic heterocycles. The molecule has 8 heteroatoms. The van der Waals surface area contributed by atoms with E-state index in [2.05, 4.69) is 4.98 Å². The van der Waals surface area contributed by atoms with Gasteiger partial charge in [-0.15, -0.1) is 0 Å². The molecule has 0 radical (unpaired) electrons. The van der Waals surface area contributed by atoms with Gasteiger partial charge in [0, 0.05) is 17.1 Å². The quantitative estimate of drug-likeness (QED) is 0.800. The molecule has 1 aliphatic rings. The Bertz CT molecular complexity index is 914. The Hall–Kier alpha value is -2.48. The molecule has 2 heterocycles. The Morgan fingerprint density at radius 3 is 2.63 bits per heavy atom. The lowest BCUT2D eigenvalue weighted by atomic mass is 10.0. The molecular formula is C19H22F2N2O4. The van der Waals surface area contributed by atoms with Crippen LogP contribution >= 0.6 is 0 Å². The van der Waals surface area contributed by atoms with Gasteiger partial charge in [0.05, 0.1) is 12.1 Å². The van der Waals surface area contributed by atoms with E-state index >= 15 is 0 Å². The van der Waals surface area contributed by atoms with Gasteiger partial charge in [0.2, 0.25) is 0 Å². The number of carbonyl (C=O) groups excluding carboxylic acids is 2. The summed E-state index contributed by atoms with van der Waals surface area (Å²) < 4.78 is 39.0. The van der Waals surface area contributed by atoms with Crippen molar-refractivity contribution < 1.29 is 27.8 Å². The van der Waals surface area contributed by atoms with Crippen molar-refractivity contribution in [3.05, 3.63) is 35.5 Å². The maximum absolute atomic E-state index is 14.0. The summed E-state index contributed by atoms with van der Waals surface area (Å²) in [4.78, 5) is 29.8. The van der Waals surface area contributed by atoms with Crippen LogP contribution in [-0.4, -0.2) is 45.7 Å². The maximum Gasteiger partial charge on any atom is 0.413 e. The van der Waals surface area contributed by atoms with E-state index in [4.69, 9.17) is 9.47 Å². The first kappa shape index (κ1) is 19.3. The first-order chi connectivity index (χ1) is 12.4.